The van der Waals surface area contributed by atoms with E-state index in [-0.39, 0.29) is 5.41 Å². The topological polar surface area (TPSA) is 27.7 Å². The van der Waals surface area contributed by atoms with E-state index in [9.17, 15) is 0 Å². The molecule has 0 aromatic carbocycles. The van der Waals surface area contributed by atoms with Crippen molar-refractivity contribution in [3.05, 3.63) is 0 Å². The Morgan fingerprint density at radius 1 is 1.25 bits per heavy atom. The molecule has 1 aliphatic rings. The molecule has 0 unspecified atom stereocenters. The lowest BCUT2D eigenvalue weighted by molar-refractivity contribution is 0.0922. The van der Waals surface area contributed by atoms with Gasteiger partial charge in [0.05, 0.1) is 19.8 Å². The molecule has 12 heavy (non-hydrogen) atoms. The summed E-state index contributed by atoms with van der Waals surface area (Å²) >= 11 is 0. The summed E-state index contributed by atoms with van der Waals surface area (Å²) in [5, 5.41) is 0. The molecular formula is C8H17O3P. The van der Waals surface area contributed by atoms with E-state index in [4.69, 9.17) is 13.6 Å². The Balaban J connectivity index is 2.13. The number of hydrogen-bond donors (Lipinski definition) is 0. The molecule has 0 radical (unpaired) electrons. The molecule has 0 aliphatic carbocycles. The first-order chi connectivity index (χ1) is 5.58. The molecule has 3 nitrogen and oxygen atoms in total. The summed E-state index contributed by atoms with van der Waals surface area (Å²) in [5.41, 5.74) is 0.187. The molecular weight excluding hydrogens is 175 g/mol. The quantitative estimate of drug-likeness (QED) is 0.629. The van der Waals surface area contributed by atoms with E-state index in [1.807, 2.05) is 0 Å². The van der Waals surface area contributed by atoms with Crippen LogP contribution in [0.15, 0.2) is 0 Å². The normalized spacial score (nSPS) is 21.2. The zero-order chi connectivity index (χ0) is 9.03. The first-order valence-corrected chi connectivity index (χ1v) is 5.36. The molecule has 0 atom stereocenters. The summed E-state index contributed by atoms with van der Waals surface area (Å²) in [4.78, 5) is 0. The summed E-state index contributed by atoms with van der Waals surface area (Å²) in [6.45, 7) is 8.63. The molecule has 72 valence electrons. The molecule has 0 aromatic rings. The van der Waals surface area contributed by atoms with E-state index in [1.165, 1.54) is 0 Å². The molecule has 0 N–H and O–H groups in total. The maximum Gasteiger partial charge on any atom is 0.332 e. The van der Waals surface area contributed by atoms with Gasteiger partial charge in [0, 0.05) is 0 Å². The Hall–Kier alpha value is 0.310. The monoisotopic (exact) mass is 192 g/mol. The van der Waals surface area contributed by atoms with Crippen LogP contribution in [0.5, 0.6) is 0 Å². The zero-order valence-corrected chi connectivity index (χ0v) is 8.89. The van der Waals surface area contributed by atoms with E-state index in [2.05, 4.69) is 20.8 Å². The molecule has 4 heteroatoms. The fraction of sp³-hybridized carbons (Fsp3) is 1.00. The highest BCUT2D eigenvalue weighted by Crippen LogP contribution is 2.43. The van der Waals surface area contributed by atoms with Crippen LogP contribution < -0.4 is 0 Å². The van der Waals surface area contributed by atoms with Crippen LogP contribution in [0, 0.1) is 5.41 Å². The van der Waals surface area contributed by atoms with E-state index in [1.54, 1.807) is 0 Å². The molecule has 1 fully saturated rings. The van der Waals surface area contributed by atoms with Crippen molar-refractivity contribution in [1.82, 2.24) is 0 Å². The maximum atomic E-state index is 5.47. The summed E-state index contributed by atoms with van der Waals surface area (Å²) in [7, 11) is -1.04. The van der Waals surface area contributed by atoms with Crippen LogP contribution >= 0.6 is 8.60 Å². The standard InChI is InChI=1S/C8H17O3P/c1-8(2,3)7-11-12-9-5-4-6-10-12/h4-7H2,1-3H3. The Kier molecular flexibility index (Phi) is 3.91. The highest BCUT2D eigenvalue weighted by atomic mass is 31.2. The Morgan fingerprint density at radius 2 is 1.83 bits per heavy atom. The third-order valence-corrected chi connectivity index (χ3v) is 2.41. The average Bonchev–Trinajstić information content (AvgIpc) is 2.02. The molecule has 0 amide bonds. The first-order valence-electron chi connectivity index (χ1n) is 4.27. The van der Waals surface area contributed by atoms with E-state index >= 15 is 0 Å². The fourth-order valence-corrected chi connectivity index (χ4v) is 1.97. The van der Waals surface area contributed by atoms with Gasteiger partial charge in [-0.25, -0.2) is 0 Å². The van der Waals surface area contributed by atoms with Gasteiger partial charge in [-0.2, -0.15) is 0 Å². The van der Waals surface area contributed by atoms with Crippen molar-refractivity contribution in [3.8, 4) is 0 Å². The number of hydrogen-bond acceptors (Lipinski definition) is 3. The molecule has 0 saturated carbocycles. The second-order valence-corrected chi connectivity index (χ2v) is 5.30. The highest BCUT2D eigenvalue weighted by molar-refractivity contribution is 7.41. The van der Waals surface area contributed by atoms with Gasteiger partial charge in [-0.15, -0.1) is 0 Å². The van der Waals surface area contributed by atoms with Crippen molar-refractivity contribution in [2.75, 3.05) is 19.8 Å². The van der Waals surface area contributed by atoms with Gasteiger partial charge in [0.1, 0.15) is 0 Å². The van der Waals surface area contributed by atoms with Crippen molar-refractivity contribution in [2.24, 2.45) is 5.41 Å². The van der Waals surface area contributed by atoms with Gasteiger partial charge in [0.15, 0.2) is 0 Å². The van der Waals surface area contributed by atoms with Crippen LogP contribution in [0.25, 0.3) is 0 Å². The van der Waals surface area contributed by atoms with Crippen LogP contribution in [0.3, 0.4) is 0 Å². The maximum absolute atomic E-state index is 5.47. The lowest BCUT2D eigenvalue weighted by Crippen LogP contribution is -2.15. The molecule has 0 bridgehead atoms. The average molecular weight is 192 g/mol. The third kappa shape index (κ3) is 4.36. The van der Waals surface area contributed by atoms with Gasteiger partial charge >= 0.3 is 8.60 Å². The summed E-state index contributed by atoms with van der Waals surface area (Å²) in [6, 6.07) is 0. The SMILES string of the molecule is CC(C)(C)COP1OCCCO1. The van der Waals surface area contributed by atoms with Crippen LogP contribution in [-0.2, 0) is 13.6 Å². The van der Waals surface area contributed by atoms with Crippen molar-refractivity contribution in [3.63, 3.8) is 0 Å². The molecule has 1 saturated heterocycles. The molecule has 0 spiro atoms. The van der Waals surface area contributed by atoms with Crippen molar-refractivity contribution >= 4 is 8.60 Å². The lowest BCUT2D eigenvalue weighted by atomic mass is 9.99. The predicted molar refractivity (Wildman–Crippen MR) is 48.8 cm³/mol. The predicted octanol–water partition coefficient (Wildman–Crippen LogP) is 2.71. The molecule has 1 heterocycles. The van der Waals surface area contributed by atoms with Gasteiger partial charge in [0.25, 0.3) is 0 Å². The van der Waals surface area contributed by atoms with Crippen LogP contribution in [0.2, 0.25) is 0 Å². The van der Waals surface area contributed by atoms with E-state index < -0.39 is 8.60 Å². The van der Waals surface area contributed by atoms with E-state index in [0.717, 1.165) is 19.6 Å². The minimum absolute atomic E-state index is 0.187. The van der Waals surface area contributed by atoms with Gasteiger partial charge < -0.3 is 13.6 Å². The van der Waals surface area contributed by atoms with Crippen molar-refractivity contribution < 1.29 is 13.6 Å². The largest absolute Gasteiger partial charge is 0.332 e. The molecule has 1 aliphatic heterocycles. The Morgan fingerprint density at radius 3 is 2.33 bits per heavy atom. The van der Waals surface area contributed by atoms with Crippen LogP contribution in [0.4, 0.5) is 0 Å². The van der Waals surface area contributed by atoms with Gasteiger partial charge in [-0.3, -0.25) is 0 Å². The fourth-order valence-electron chi connectivity index (χ4n) is 0.695. The second kappa shape index (κ2) is 4.52. The highest BCUT2D eigenvalue weighted by Gasteiger charge is 2.20. The Labute approximate surface area is 75.4 Å². The van der Waals surface area contributed by atoms with Crippen molar-refractivity contribution in [1.29, 1.82) is 0 Å². The third-order valence-electron chi connectivity index (χ3n) is 1.29. The van der Waals surface area contributed by atoms with Gasteiger partial charge in [-0.1, -0.05) is 20.8 Å². The summed E-state index contributed by atoms with van der Waals surface area (Å²) in [6.07, 6.45) is 0.984. The minimum atomic E-state index is -1.04. The van der Waals surface area contributed by atoms with Crippen LogP contribution in [-0.4, -0.2) is 19.8 Å². The zero-order valence-electron chi connectivity index (χ0n) is 8.00. The number of rotatable bonds is 2. The molecule has 0 aromatic heterocycles. The Bertz CT molecular complexity index is 127. The van der Waals surface area contributed by atoms with Gasteiger partial charge in [0.2, 0.25) is 0 Å². The first kappa shape index (κ1) is 10.4. The lowest BCUT2D eigenvalue weighted by Gasteiger charge is -2.24. The van der Waals surface area contributed by atoms with Gasteiger partial charge in [-0.05, 0) is 11.8 Å². The second-order valence-electron chi connectivity index (χ2n) is 4.08. The summed E-state index contributed by atoms with van der Waals surface area (Å²) < 4.78 is 16.1. The summed E-state index contributed by atoms with van der Waals surface area (Å²) in [5.74, 6) is 0. The van der Waals surface area contributed by atoms with Crippen molar-refractivity contribution in [2.45, 2.75) is 27.2 Å². The van der Waals surface area contributed by atoms with Crippen LogP contribution in [0.1, 0.15) is 27.2 Å². The molecule has 1 rings (SSSR count). The smallest absolute Gasteiger partial charge is 0.312 e. The minimum Gasteiger partial charge on any atom is -0.312 e. The van der Waals surface area contributed by atoms with E-state index in [0.29, 0.717) is 6.61 Å².